The van der Waals surface area contributed by atoms with Crippen LogP contribution in [0, 0.1) is 5.92 Å². The van der Waals surface area contributed by atoms with E-state index in [-0.39, 0.29) is 17.9 Å². The Labute approximate surface area is 143 Å². The van der Waals surface area contributed by atoms with Gasteiger partial charge in [-0.15, -0.1) is 6.58 Å². The smallest absolute Gasteiger partial charge is 0.223 e. The highest BCUT2D eigenvalue weighted by molar-refractivity contribution is 5.77. The van der Waals surface area contributed by atoms with Crippen LogP contribution in [0.1, 0.15) is 38.6 Å². The minimum atomic E-state index is -0.0268. The van der Waals surface area contributed by atoms with Crippen LogP contribution in [0.3, 0.4) is 0 Å². The molecule has 0 fully saturated rings. The van der Waals surface area contributed by atoms with Gasteiger partial charge in [-0.25, -0.2) is 9.67 Å². The number of fused-ring (bicyclic) bond motifs is 1. The Morgan fingerprint density at radius 3 is 2.75 bits per heavy atom. The van der Waals surface area contributed by atoms with Crippen molar-refractivity contribution in [3.8, 4) is 11.4 Å². The zero-order valence-corrected chi connectivity index (χ0v) is 14.4. The number of allylic oxidation sites excluding steroid dienone is 1. The van der Waals surface area contributed by atoms with Gasteiger partial charge >= 0.3 is 0 Å². The number of hydrogen-bond acceptors (Lipinski definition) is 3. The maximum absolute atomic E-state index is 12.6. The van der Waals surface area contributed by atoms with Crippen molar-refractivity contribution in [2.45, 2.75) is 39.3 Å². The highest BCUT2D eigenvalue weighted by Gasteiger charge is 2.35. The quantitative estimate of drug-likeness (QED) is 0.792. The summed E-state index contributed by atoms with van der Waals surface area (Å²) in [6.45, 7) is 9.34. The van der Waals surface area contributed by atoms with E-state index < -0.39 is 0 Å². The first-order valence-corrected chi connectivity index (χ1v) is 8.52. The van der Waals surface area contributed by atoms with Gasteiger partial charge in [-0.3, -0.25) is 4.79 Å². The summed E-state index contributed by atoms with van der Waals surface area (Å²) in [6, 6.07) is 9.95. The molecule has 0 spiro atoms. The van der Waals surface area contributed by atoms with Crippen LogP contribution in [-0.2, 0) is 11.3 Å². The standard InChI is InChI=1S/C19H24N4O/c1-4-5-11-16(24)22-12-13-23-19(17(22)14(2)3)20-18(21-23)15-9-7-6-8-10-15/h4,6-10,14,17H,1,5,11-13H2,2-3H3/t17-/m0/s1. The lowest BCUT2D eigenvalue weighted by molar-refractivity contribution is -0.136. The molecule has 2 aromatic rings. The van der Waals surface area contributed by atoms with Crippen molar-refractivity contribution < 1.29 is 4.79 Å². The molecular formula is C19H24N4O. The summed E-state index contributed by atoms with van der Waals surface area (Å²) >= 11 is 0. The second-order valence-corrected chi connectivity index (χ2v) is 6.49. The average molecular weight is 324 g/mol. The Balaban J connectivity index is 1.93. The summed E-state index contributed by atoms with van der Waals surface area (Å²) in [5, 5.41) is 4.66. The number of nitrogens with zero attached hydrogens (tertiary/aromatic N) is 4. The summed E-state index contributed by atoms with van der Waals surface area (Å²) in [5.41, 5.74) is 1.01. The molecule has 0 bridgehead atoms. The molecule has 1 aliphatic heterocycles. The normalized spacial score (nSPS) is 17.0. The van der Waals surface area contributed by atoms with Crippen molar-refractivity contribution in [1.29, 1.82) is 0 Å². The van der Waals surface area contributed by atoms with Gasteiger partial charge in [0, 0.05) is 18.5 Å². The second-order valence-electron chi connectivity index (χ2n) is 6.49. The predicted octanol–water partition coefficient (Wildman–Crippen LogP) is 3.45. The molecule has 126 valence electrons. The van der Waals surface area contributed by atoms with Gasteiger partial charge in [-0.1, -0.05) is 50.3 Å². The predicted molar refractivity (Wildman–Crippen MR) is 94.2 cm³/mol. The van der Waals surface area contributed by atoms with E-state index in [1.165, 1.54) is 0 Å². The van der Waals surface area contributed by atoms with Crippen molar-refractivity contribution in [3.05, 3.63) is 48.8 Å². The molecule has 1 aromatic carbocycles. The van der Waals surface area contributed by atoms with Gasteiger partial charge in [0.2, 0.25) is 5.91 Å². The van der Waals surface area contributed by atoms with Crippen molar-refractivity contribution in [2.24, 2.45) is 5.92 Å². The van der Waals surface area contributed by atoms with Crippen LogP contribution in [0.4, 0.5) is 0 Å². The summed E-state index contributed by atoms with van der Waals surface area (Å²) < 4.78 is 1.96. The Morgan fingerprint density at radius 2 is 2.08 bits per heavy atom. The molecule has 0 radical (unpaired) electrons. The van der Waals surface area contributed by atoms with E-state index in [1.807, 2.05) is 39.9 Å². The first kappa shape index (κ1) is 16.4. The molecule has 5 heteroatoms. The van der Waals surface area contributed by atoms with Gasteiger partial charge < -0.3 is 4.90 Å². The molecule has 0 N–H and O–H groups in total. The van der Waals surface area contributed by atoms with Crippen LogP contribution in [0.25, 0.3) is 11.4 Å². The van der Waals surface area contributed by atoms with Crippen molar-refractivity contribution in [1.82, 2.24) is 19.7 Å². The molecule has 24 heavy (non-hydrogen) atoms. The third kappa shape index (κ3) is 3.11. The van der Waals surface area contributed by atoms with E-state index in [9.17, 15) is 4.79 Å². The Morgan fingerprint density at radius 1 is 1.33 bits per heavy atom. The van der Waals surface area contributed by atoms with Gasteiger partial charge in [0.15, 0.2) is 11.6 Å². The zero-order valence-electron chi connectivity index (χ0n) is 14.4. The fraction of sp³-hybridized carbons (Fsp3) is 0.421. The highest BCUT2D eigenvalue weighted by Crippen LogP contribution is 2.32. The number of carbonyl (C=O) groups is 1. The molecule has 3 rings (SSSR count). The monoisotopic (exact) mass is 324 g/mol. The van der Waals surface area contributed by atoms with Gasteiger partial charge in [-0.05, 0) is 12.3 Å². The van der Waals surface area contributed by atoms with Crippen LogP contribution in [0.2, 0.25) is 0 Å². The van der Waals surface area contributed by atoms with Gasteiger partial charge in [0.1, 0.15) is 0 Å². The number of hydrogen-bond donors (Lipinski definition) is 0. The third-order valence-electron chi connectivity index (χ3n) is 4.40. The van der Waals surface area contributed by atoms with Gasteiger partial charge in [0.05, 0.1) is 12.6 Å². The minimum Gasteiger partial charge on any atom is -0.330 e. The molecule has 2 heterocycles. The number of amides is 1. The van der Waals surface area contributed by atoms with Crippen LogP contribution >= 0.6 is 0 Å². The SMILES string of the molecule is C=CCCC(=O)N1CCn2nc(-c3ccccc3)nc2[C@@H]1C(C)C. The molecule has 0 aliphatic carbocycles. The lowest BCUT2D eigenvalue weighted by Crippen LogP contribution is -2.44. The maximum atomic E-state index is 12.6. The van der Waals surface area contributed by atoms with Gasteiger partial charge in [-0.2, -0.15) is 5.10 Å². The van der Waals surface area contributed by atoms with E-state index in [2.05, 4.69) is 25.5 Å². The summed E-state index contributed by atoms with van der Waals surface area (Å²) in [7, 11) is 0. The van der Waals surface area contributed by atoms with Crippen LogP contribution in [-0.4, -0.2) is 32.1 Å². The maximum Gasteiger partial charge on any atom is 0.223 e. The number of aromatic nitrogens is 3. The highest BCUT2D eigenvalue weighted by atomic mass is 16.2. The molecule has 0 saturated heterocycles. The fourth-order valence-corrected chi connectivity index (χ4v) is 3.23. The molecule has 5 nitrogen and oxygen atoms in total. The van der Waals surface area contributed by atoms with E-state index >= 15 is 0 Å². The van der Waals surface area contributed by atoms with E-state index in [1.54, 1.807) is 6.08 Å². The molecule has 0 unspecified atom stereocenters. The number of carbonyl (C=O) groups excluding carboxylic acids is 1. The molecular weight excluding hydrogens is 300 g/mol. The molecule has 0 saturated carbocycles. The molecule has 1 aromatic heterocycles. The first-order chi connectivity index (χ1) is 11.6. The Bertz CT molecular complexity index is 720. The third-order valence-corrected chi connectivity index (χ3v) is 4.40. The zero-order chi connectivity index (χ0) is 17.1. The van der Waals surface area contributed by atoms with Crippen molar-refractivity contribution >= 4 is 5.91 Å². The number of benzene rings is 1. The Kier molecular flexibility index (Phi) is 4.79. The lowest BCUT2D eigenvalue weighted by atomic mass is 9.99. The van der Waals surface area contributed by atoms with Crippen LogP contribution in [0.15, 0.2) is 43.0 Å². The molecule has 1 amide bonds. The largest absolute Gasteiger partial charge is 0.330 e. The molecule has 1 aliphatic rings. The fourth-order valence-electron chi connectivity index (χ4n) is 3.23. The second kappa shape index (κ2) is 6.99. The van der Waals surface area contributed by atoms with Crippen molar-refractivity contribution in [2.75, 3.05) is 6.54 Å². The van der Waals surface area contributed by atoms with E-state index in [0.29, 0.717) is 25.9 Å². The topological polar surface area (TPSA) is 51.0 Å². The van der Waals surface area contributed by atoms with E-state index in [0.717, 1.165) is 17.2 Å². The van der Waals surface area contributed by atoms with Gasteiger partial charge in [0.25, 0.3) is 0 Å². The van der Waals surface area contributed by atoms with E-state index in [4.69, 9.17) is 4.98 Å². The summed E-state index contributed by atoms with van der Waals surface area (Å²) in [4.78, 5) is 19.3. The lowest BCUT2D eigenvalue weighted by Gasteiger charge is -2.37. The Hall–Kier alpha value is -2.43. The first-order valence-electron chi connectivity index (χ1n) is 8.52. The number of rotatable bonds is 5. The average Bonchev–Trinajstić information content (AvgIpc) is 3.03. The molecule has 1 atom stereocenters. The van der Waals surface area contributed by atoms with Crippen molar-refractivity contribution in [3.63, 3.8) is 0 Å². The van der Waals surface area contributed by atoms with Crippen LogP contribution in [0.5, 0.6) is 0 Å². The minimum absolute atomic E-state index is 0.0268. The summed E-state index contributed by atoms with van der Waals surface area (Å²) in [6.07, 6.45) is 3.01. The van der Waals surface area contributed by atoms with Crippen LogP contribution < -0.4 is 0 Å². The summed E-state index contributed by atoms with van der Waals surface area (Å²) in [5.74, 6) is 2.08.